The van der Waals surface area contributed by atoms with Crippen molar-refractivity contribution in [1.29, 1.82) is 0 Å². The van der Waals surface area contributed by atoms with Gasteiger partial charge in [0, 0.05) is 10.4 Å². The van der Waals surface area contributed by atoms with E-state index in [1.54, 1.807) is 11.3 Å². The second-order valence-electron chi connectivity index (χ2n) is 2.82. The molecule has 14 heavy (non-hydrogen) atoms. The fourth-order valence-corrected chi connectivity index (χ4v) is 3.23. The van der Waals surface area contributed by atoms with Crippen molar-refractivity contribution in [1.82, 2.24) is 0 Å². The number of rotatable bonds is 2. The molecule has 0 aliphatic carbocycles. The first-order valence-corrected chi connectivity index (χ1v) is 6.51. The topological polar surface area (TPSA) is 17.1 Å². The molecular formula is C10H7BrOS2. The molecule has 0 atom stereocenters. The molecule has 0 aromatic carbocycles. The molecular weight excluding hydrogens is 280 g/mol. The molecule has 1 nitrogen and oxygen atoms in total. The maximum absolute atomic E-state index is 11.9. The van der Waals surface area contributed by atoms with Crippen molar-refractivity contribution in [3.05, 3.63) is 42.7 Å². The van der Waals surface area contributed by atoms with Crippen LogP contribution >= 0.6 is 38.6 Å². The number of thiophene rings is 2. The van der Waals surface area contributed by atoms with Crippen LogP contribution in [0.3, 0.4) is 0 Å². The summed E-state index contributed by atoms with van der Waals surface area (Å²) in [5, 5.41) is 1.95. The molecule has 72 valence electrons. The van der Waals surface area contributed by atoms with Crippen LogP contribution in [0.4, 0.5) is 0 Å². The zero-order valence-electron chi connectivity index (χ0n) is 7.41. The minimum atomic E-state index is 0.124. The smallest absolute Gasteiger partial charge is 0.204 e. The fourth-order valence-electron chi connectivity index (χ4n) is 1.19. The molecule has 0 unspecified atom stereocenters. The average Bonchev–Trinajstić information content (AvgIpc) is 2.73. The van der Waals surface area contributed by atoms with Crippen LogP contribution in [0.15, 0.2) is 27.4 Å². The third-order valence-electron chi connectivity index (χ3n) is 1.90. The van der Waals surface area contributed by atoms with Gasteiger partial charge < -0.3 is 0 Å². The van der Waals surface area contributed by atoms with Crippen molar-refractivity contribution in [3.8, 4) is 0 Å². The first-order valence-electron chi connectivity index (χ1n) is 4.02. The molecule has 2 heterocycles. The lowest BCUT2D eigenvalue weighted by atomic mass is 10.1. The van der Waals surface area contributed by atoms with Crippen molar-refractivity contribution in [2.24, 2.45) is 0 Å². The number of hydrogen-bond donors (Lipinski definition) is 0. The van der Waals surface area contributed by atoms with Gasteiger partial charge in [-0.3, -0.25) is 4.79 Å². The van der Waals surface area contributed by atoms with E-state index in [1.807, 2.05) is 30.5 Å². The van der Waals surface area contributed by atoms with Gasteiger partial charge in [-0.25, -0.2) is 0 Å². The molecule has 0 fully saturated rings. The Labute approximate surface area is 98.5 Å². The summed E-state index contributed by atoms with van der Waals surface area (Å²) in [7, 11) is 0. The third-order valence-corrected chi connectivity index (χ3v) is 4.37. The fraction of sp³-hybridized carbons (Fsp3) is 0.100. The van der Waals surface area contributed by atoms with Gasteiger partial charge in [0.05, 0.1) is 8.66 Å². The highest BCUT2D eigenvalue weighted by atomic mass is 79.9. The van der Waals surface area contributed by atoms with Gasteiger partial charge in [-0.15, -0.1) is 22.7 Å². The van der Waals surface area contributed by atoms with Crippen LogP contribution < -0.4 is 0 Å². The predicted molar refractivity (Wildman–Crippen MR) is 64.5 cm³/mol. The van der Waals surface area contributed by atoms with Gasteiger partial charge in [0.2, 0.25) is 5.78 Å². The second-order valence-corrected chi connectivity index (χ2v) is 6.41. The molecule has 0 spiro atoms. The predicted octanol–water partition coefficient (Wildman–Crippen LogP) is 4.11. The number of halogens is 1. The number of aryl methyl sites for hydroxylation is 1. The highest BCUT2D eigenvalue weighted by Gasteiger charge is 2.14. The number of carbonyl (C=O) groups excluding carboxylic acids is 1. The van der Waals surface area contributed by atoms with Gasteiger partial charge >= 0.3 is 0 Å². The third kappa shape index (κ3) is 1.82. The summed E-state index contributed by atoms with van der Waals surface area (Å²) < 4.78 is 0.994. The highest BCUT2D eigenvalue weighted by Crippen LogP contribution is 2.26. The van der Waals surface area contributed by atoms with Crippen LogP contribution in [0, 0.1) is 6.92 Å². The standard InChI is InChI=1S/C10H7BrOS2/c1-6-7(4-5-13-6)10(12)8-2-3-9(11)14-8/h2-5H,1H3. The van der Waals surface area contributed by atoms with Crippen molar-refractivity contribution in [3.63, 3.8) is 0 Å². The monoisotopic (exact) mass is 286 g/mol. The van der Waals surface area contributed by atoms with Crippen LogP contribution in [-0.2, 0) is 0 Å². The first kappa shape index (κ1) is 10.1. The summed E-state index contributed by atoms with van der Waals surface area (Å²) in [6.07, 6.45) is 0. The molecule has 0 amide bonds. The van der Waals surface area contributed by atoms with Crippen LogP contribution in [0.5, 0.6) is 0 Å². The van der Waals surface area contributed by atoms with Gasteiger partial charge in [-0.2, -0.15) is 0 Å². The van der Waals surface area contributed by atoms with Gasteiger partial charge in [0.15, 0.2) is 0 Å². The quantitative estimate of drug-likeness (QED) is 0.760. The van der Waals surface area contributed by atoms with E-state index in [0.717, 1.165) is 19.1 Å². The minimum Gasteiger partial charge on any atom is -0.288 e. The number of carbonyl (C=O) groups is 1. The van der Waals surface area contributed by atoms with Gasteiger partial charge in [0.1, 0.15) is 0 Å². The normalized spacial score (nSPS) is 10.4. The molecule has 0 radical (unpaired) electrons. The van der Waals surface area contributed by atoms with Crippen LogP contribution in [0.25, 0.3) is 0 Å². The zero-order chi connectivity index (χ0) is 10.1. The molecule has 0 bridgehead atoms. The van der Waals surface area contributed by atoms with E-state index in [-0.39, 0.29) is 5.78 Å². The summed E-state index contributed by atoms with van der Waals surface area (Å²) in [6, 6.07) is 5.64. The molecule has 0 saturated carbocycles. The number of ketones is 1. The van der Waals surface area contributed by atoms with Crippen molar-refractivity contribution < 1.29 is 4.79 Å². The van der Waals surface area contributed by atoms with E-state index in [1.165, 1.54) is 11.3 Å². The summed E-state index contributed by atoms with van der Waals surface area (Å²) >= 11 is 6.43. The molecule has 0 aliphatic heterocycles. The van der Waals surface area contributed by atoms with Crippen molar-refractivity contribution in [2.75, 3.05) is 0 Å². The summed E-state index contributed by atoms with van der Waals surface area (Å²) in [4.78, 5) is 13.8. The van der Waals surface area contributed by atoms with E-state index in [0.29, 0.717) is 0 Å². The van der Waals surface area contributed by atoms with E-state index in [9.17, 15) is 4.79 Å². The second kappa shape index (κ2) is 3.96. The largest absolute Gasteiger partial charge is 0.288 e. The molecule has 2 rings (SSSR count). The SMILES string of the molecule is Cc1sccc1C(=O)c1ccc(Br)s1. The maximum Gasteiger partial charge on any atom is 0.204 e. The lowest BCUT2D eigenvalue weighted by Crippen LogP contribution is -1.97. The summed E-state index contributed by atoms with van der Waals surface area (Å²) in [5.41, 5.74) is 0.823. The molecule has 2 aromatic heterocycles. The van der Waals surface area contributed by atoms with Crippen LogP contribution in [-0.4, -0.2) is 5.78 Å². The highest BCUT2D eigenvalue weighted by molar-refractivity contribution is 9.11. The van der Waals surface area contributed by atoms with E-state index < -0.39 is 0 Å². The Morgan fingerprint density at radius 1 is 1.36 bits per heavy atom. The summed E-state index contributed by atoms with van der Waals surface area (Å²) in [5.74, 6) is 0.124. The van der Waals surface area contributed by atoms with E-state index in [4.69, 9.17) is 0 Å². The Hall–Kier alpha value is -0.450. The lowest BCUT2D eigenvalue weighted by molar-refractivity contribution is 0.104. The van der Waals surface area contributed by atoms with Crippen molar-refractivity contribution in [2.45, 2.75) is 6.92 Å². The minimum absolute atomic E-state index is 0.124. The zero-order valence-corrected chi connectivity index (χ0v) is 10.6. The molecule has 0 N–H and O–H groups in total. The Morgan fingerprint density at radius 3 is 2.64 bits per heavy atom. The average molecular weight is 287 g/mol. The molecule has 0 aliphatic rings. The number of hydrogen-bond acceptors (Lipinski definition) is 3. The van der Waals surface area contributed by atoms with E-state index in [2.05, 4.69) is 15.9 Å². The Morgan fingerprint density at radius 2 is 2.14 bits per heavy atom. The Kier molecular flexibility index (Phi) is 2.85. The molecule has 2 aromatic rings. The van der Waals surface area contributed by atoms with Gasteiger partial charge in [-0.05, 0) is 46.4 Å². The maximum atomic E-state index is 11.9. The first-order chi connectivity index (χ1) is 6.68. The summed E-state index contributed by atoms with van der Waals surface area (Å²) in [6.45, 7) is 1.97. The van der Waals surface area contributed by atoms with Gasteiger partial charge in [-0.1, -0.05) is 0 Å². The van der Waals surface area contributed by atoms with Crippen LogP contribution in [0.2, 0.25) is 0 Å². The van der Waals surface area contributed by atoms with Gasteiger partial charge in [0.25, 0.3) is 0 Å². The Balaban J connectivity index is 2.38. The van der Waals surface area contributed by atoms with Crippen LogP contribution in [0.1, 0.15) is 20.1 Å². The van der Waals surface area contributed by atoms with E-state index >= 15 is 0 Å². The molecule has 4 heteroatoms. The lowest BCUT2D eigenvalue weighted by Gasteiger charge is -1.94. The molecule has 0 saturated heterocycles. The van der Waals surface area contributed by atoms with Crippen molar-refractivity contribution >= 4 is 44.4 Å². The Bertz CT molecular complexity index is 470.